The molecule has 5 heteroatoms. The highest BCUT2D eigenvalue weighted by Gasteiger charge is 2.21. The summed E-state index contributed by atoms with van der Waals surface area (Å²) in [5, 5.41) is 10.7. The molecule has 2 aromatic carbocycles. The Morgan fingerprint density at radius 2 is 1.90 bits per heavy atom. The Kier molecular flexibility index (Phi) is 4.12. The Morgan fingerprint density at radius 1 is 1.19 bits per heavy atom. The van der Waals surface area contributed by atoms with Crippen molar-refractivity contribution in [2.75, 3.05) is 0 Å². The number of carboxylic acids is 1. The lowest BCUT2D eigenvalue weighted by atomic mass is 10.1. The maximum Gasteiger partial charge on any atom is 0.0769 e. The second-order valence-electron chi connectivity index (χ2n) is 4.66. The predicted octanol–water partition coefficient (Wildman–Crippen LogP) is 3.18. The fourth-order valence-corrected chi connectivity index (χ4v) is 3.47. The molecule has 3 rings (SSSR count). The smallest absolute Gasteiger partial charge is 0.0769 e. The van der Waals surface area contributed by atoms with Crippen molar-refractivity contribution >= 4 is 45.1 Å². The molecule has 0 saturated heterocycles. The van der Waals surface area contributed by atoms with Crippen LogP contribution in [0.15, 0.2) is 62.9 Å². The van der Waals surface area contributed by atoms with Crippen molar-refractivity contribution in [2.24, 2.45) is 4.99 Å². The van der Waals surface area contributed by atoms with Gasteiger partial charge in [-0.15, -0.1) is 11.8 Å². The lowest BCUT2D eigenvalue weighted by molar-refractivity contribution is -0.304. The lowest BCUT2D eigenvalue weighted by Gasteiger charge is -2.16. The highest BCUT2D eigenvalue weighted by atomic mass is 79.9. The van der Waals surface area contributed by atoms with Gasteiger partial charge in [0.15, 0.2) is 0 Å². The van der Waals surface area contributed by atoms with Crippen molar-refractivity contribution in [3.63, 3.8) is 0 Å². The molecule has 0 bridgehead atoms. The van der Waals surface area contributed by atoms with Crippen LogP contribution in [0, 0.1) is 0 Å². The average Bonchev–Trinajstić information content (AvgIpc) is 2.67. The van der Waals surface area contributed by atoms with Crippen LogP contribution in [0.25, 0.3) is 0 Å². The molecule has 0 aromatic heterocycles. The maximum atomic E-state index is 11.4. The molecule has 106 valence electrons. The van der Waals surface area contributed by atoms with Crippen molar-refractivity contribution < 1.29 is 9.90 Å². The third kappa shape index (κ3) is 3.19. The van der Waals surface area contributed by atoms with E-state index in [9.17, 15) is 9.90 Å². The van der Waals surface area contributed by atoms with Crippen LogP contribution < -0.4 is 5.11 Å². The maximum absolute atomic E-state index is 11.4. The molecule has 1 unspecified atom stereocenters. The summed E-state index contributed by atoms with van der Waals surface area (Å²) >= 11 is 4.70. The number of hydrogen-bond donors (Lipinski definition) is 0. The van der Waals surface area contributed by atoms with Crippen molar-refractivity contribution in [2.45, 2.75) is 16.6 Å². The Balaban J connectivity index is 2.07. The van der Waals surface area contributed by atoms with Gasteiger partial charge < -0.3 is 9.90 Å². The van der Waals surface area contributed by atoms with Crippen LogP contribution in [0.5, 0.6) is 0 Å². The number of benzene rings is 2. The van der Waals surface area contributed by atoms with Crippen LogP contribution in [-0.2, 0) is 4.79 Å². The van der Waals surface area contributed by atoms with Crippen molar-refractivity contribution in [1.82, 2.24) is 0 Å². The SMILES string of the molecule is O=C([O-])C1CC(c2ccc(Br)cc2)=Nc2ccccc2S1. The fourth-order valence-electron chi connectivity index (χ4n) is 2.17. The molecule has 0 N–H and O–H groups in total. The van der Waals surface area contributed by atoms with Gasteiger partial charge in [-0.2, -0.15) is 0 Å². The van der Waals surface area contributed by atoms with Gasteiger partial charge in [0.2, 0.25) is 0 Å². The minimum absolute atomic E-state index is 0.351. The number of aliphatic imine (C=N–C) groups is 1. The van der Waals surface area contributed by atoms with Crippen LogP contribution in [0.3, 0.4) is 0 Å². The second-order valence-corrected chi connectivity index (χ2v) is 6.82. The number of carboxylic acid groups (broad SMARTS) is 1. The standard InChI is InChI=1S/C16H12BrNO2S/c17-11-7-5-10(6-8-11)13-9-15(16(19)20)21-14-4-2-1-3-12(14)18-13/h1-8,15H,9H2,(H,19,20)/p-1. The van der Waals surface area contributed by atoms with E-state index >= 15 is 0 Å². The Labute approximate surface area is 135 Å². The number of fused-ring (bicyclic) bond motifs is 1. The Morgan fingerprint density at radius 3 is 2.62 bits per heavy atom. The fraction of sp³-hybridized carbons (Fsp3) is 0.125. The van der Waals surface area contributed by atoms with Crippen LogP contribution >= 0.6 is 27.7 Å². The molecule has 0 aliphatic carbocycles. The van der Waals surface area contributed by atoms with Crippen molar-refractivity contribution in [3.05, 3.63) is 58.6 Å². The van der Waals surface area contributed by atoms with Gasteiger partial charge in [0, 0.05) is 21.5 Å². The third-order valence-electron chi connectivity index (χ3n) is 3.21. The largest absolute Gasteiger partial charge is 0.549 e. The first-order chi connectivity index (χ1) is 10.1. The van der Waals surface area contributed by atoms with E-state index in [-0.39, 0.29) is 0 Å². The quantitative estimate of drug-likeness (QED) is 0.826. The zero-order chi connectivity index (χ0) is 14.8. The number of aliphatic carboxylic acids is 1. The Bertz CT molecular complexity index is 712. The molecule has 1 heterocycles. The molecule has 21 heavy (non-hydrogen) atoms. The highest BCUT2D eigenvalue weighted by Crippen LogP contribution is 2.37. The van der Waals surface area contributed by atoms with Crippen LogP contribution in [0.2, 0.25) is 0 Å². The van der Waals surface area contributed by atoms with E-state index in [1.165, 1.54) is 11.8 Å². The van der Waals surface area contributed by atoms with Gasteiger partial charge in [-0.05, 0) is 29.8 Å². The Hall–Kier alpha value is -1.59. The van der Waals surface area contributed by atoms with Crippen LogP contribution in [0.1, 0.15) is 12.0 Å². The van der Waals surface area contributed by atoms with Gasteiger partial charge in [-0.3, -0.25) is 4.99 Å². The second kappa shape index (κ2) is 6.03. The van der Waals surface area contributed by atoms with Crippen molar-refractivity contribution in [1.29, 1.82) is 0 Å². The lowest BCUT2D eigenvalue weighted by Crippen LogP contribution is -2.34. The number of nitrogens with zero attached hydrogens (tertiary/aromatic N) is 1. The number of hydrogen-bond acceptors (Lipinski definition) is 4. The van der Waals surface area contributed by atoms with Gasteiger partial charge in [0.1, 0.15) is 0 Å². The highest BCUT2D eigenvalue weighted by molar-refractivity contribution is 9.10. The molecular formula is C16H11BrNO2S-. The molecule has 0 saturated carbocycles. The number of thioether (sulfide) groups is 1. The molecular weight excluding hydrogens is 350 g/mol. The summed E-state index contributed by atoms with van der Waals surface area (Å²) < 4.78 is 0.978. The van der Waals surface area contributed by atoms with Crippen LogP contribution in [-0.4, -0.2) is 16.9 Å². The number of para-hydroxylation sites is 1. The van der Waals surface area contributed by atoms with E-state index in [1.54, 1.807) is 0 Å². The van der Waals surface area contributed by atoms with Gasteiger partial charge in [0.05, 0.1) is 16.9 Å². The molecule has 0 amide bonds. The van der Waals surface area contributed by atoms with Crippen LogP contribution in [0.4, 0.5) is 5.69 Å². The number of carbonyl (C=O) groups excluding carboxylic acids is 1. The van der Waals surface area contributed by atoms with Crippen molar-refractivity contribution in [3.8, 4) is 0 Å². The molecule has 2 aromatic rings. The van der Waals surface area contributed by atoms with E-state index < -0.39 is 11.2 Å². The molecule has 1 aliphatic heterocycles. The minimum Gasteiger partial charge on any atom is -0.549 e. The van der Waals surface area contributed by atoms with E-state index in [1.807, 2.05) is 48.5 Å². The van der Waals surface area contributed by atoms with Gasteiger partial charge in [0.25, 0.3) is 0 Å². The summed E-state index contributed by atoms with van der Waals surface area (Å²) in [4.78, 5) is 16.9. The first-order valence-electron chi connectivity index (χ1n) is 6.43. The van der Waals surface area contributed by atoms with E-state index in [4.69, 9.17) is 0 Å². The van der Waals surface area contributed by atoms with Gasteiger partial charge >= 0.3 is 0 Å². The molecule has 0 fully saturated rings. The first-order valence-corrected chi connectivity index (χ1v) is 8.11. The molecule has 1 atom stereocenters. The topological polar surface area (TPSA) is 52.5 Å². The molecule has 0 spiro atoms. The summed E-state index contributed by atoms with van der Waals surface area (Å²) in [5.41, 5.74) is 2.51. The summed E-state index contributed by atoms with van der Waals surface area (Å²) in [6, 6.07) is 15.3. The number of carbonyl (C=O) groups is 1. The molecule has 3 nitrogen and oxygen atoms in total. The zero-order valence-corrected chi connectivity index (χ0v) is 13.4. The molecule has 0 radical (unpaired) electrons. The summed E-state index contributed by atoms with van der Waals surface area (Å²) in [7, 11) is 0. The third-order valence-corrected chi connectivity index (χ3v) is 4.98. The molecule has 1 aliphatic rings. The summed E-state index contributed by atoms with van der Waals surface area (Å²) in [5.74, 6) is -1.05. The number of rotatable bonds is 2. The van der Waals surface area contributed by atoms with E-state index in [0.29, 0.717) is 6.42 Å². The van der Waals surface area contributed by atoms with Gasteiger partial charge in [-0.1, -0.05) is 40.2 Å². The van der Waals surface area contributed by atoms with E-state index in [2.05, 4.69) is 20.9 Å². The zero-order valence-electron chi connectivity index (χ0n) is 11.0. The average molecular weight is 361 g/mol. The normalized spacial score (nSPS) is 17.6. The first kappa shape index (κ1) is 14.4. The number of halogens is 1. The van der Waals surface area contributed by atoms with Gasteiger partial charge in [-0.25, -0.2) is 0 Å². The summed E-state index contributed by atoms with van der Waals surface area (Å²) in [6.45, 7) is 0. The van der Waals surface area contributed by atoms with E-state index in [0.717, 1.165) is 26.3 Å². The summed E-state index contributed by atoms with van der Waals surface area (Å²) in [6.07, 6.45) is 0.351. The predicted molar refractivity (Wildman–Crippen MR) is 86.1 cm³/mol. The monoisotopic (exact) mass is 360 g/mol. The minimum atomic E-state index is -1.05.